The average molecular weight is 259 g/mol. The summed E-state index contributed by atoms with van der Waals surface area (Å²) in [5.41, 5.74) is 0. The molecule has 0 heterocycles. The van der Waals surface area contributed by atoms with E-state index in [1.54, 1.807) is 0 Å². The fourth-order valence-corrected chi connectivity index (χ4v) is 2.23. The fraction of sp³-hybridized carbons (Fsp3) is 0.938. The van der Waals surface area contributed by atoms with Gasteiger partial charge < -0.3 is 4.74 Å². The van der Waals surface area contributed by atoms with Crippen molar-refractivity contribution < 1.29 is 13.6 Å². The zero-order valence-electron chi connectivity index (χ0n) is 15.2. The van der Waals surface area contributed by atoms with Gasteiger partial charge in [0.2, 0.25) is 0 Å². The third-order valence-corrected chi connectivity index (χ3v) is 3.49. The standard InChI is InChI=1S/C16H32O2/c1-4-5-6-7-8-9-12-15(2)13-10-11-14-16(17)18-3/h15H,4-14H2,1-3H3/i3D3. The normalized spacial score (nSPS) is 15.6. The second kappa shape index (κ2) is 12.9. The van der Waals surface area contributed by atoms with Crippen LogP contribution in [0.1, 0.15) is 88.6 Å². The van der Waals surface area contributed by atoms with Crippen LogP contribution in [0.4, 0.5) is 0 Å². The second-order valence-corrected chi connectivity index (χ2v) is 5.38. The summed E-state index contributed by atoms with van der Waals surface area (Å²) in [5, 5.41) is 0. The Morgan fingerprint density at radius 3 is 2.33 bits per heavy atom. The van der Waals surface area contributed by atoms with E-state index >= 15 is 0 Å². The molecule has 0 aliphatic carbocycles. The van der Waals surface area contributed by atoms with Crippen molar-refractivity contribution in [1.82, 2.24) is 0 Å². The number of carbonyl (C=O) groups is 1. The molecule has 1 unspecified atom stereocenters. The monoisotopic (exact) mass is 259 g/mol. The molecule has 0 aliphatic heterocycles. The third-order valence-electron chi connectivity index (χ3n) is 3.49. The first-order chi connectivity index (χ1) is 9.85. The largest absolute Gasteiger partial charge is 0.469 e. The SMILES string of the molecule is [2H]C([2H])([2H])OC(=O)CCCCC(C)CCCCCCCC. The van der Waals surface area contributed by atoms with Crippen LogP contribution in [0.5, 0.6) is 0 Å². The first kappa shape index (κ1) is 12.5. The molecule has 0 spiro atoms. The molecule has 0 aliphatic rings. The van der Waals surface area contributed by atoms with E-state index in [9.17, 15) is 4.79 Å². The summed E-state index contributed by atoms with van der Waals surface area (Å²) in [7, 11) is -2.60. The van der Waals surface area contributed by atoms with Crippen molar-refractivity contribution in [2.24, 2.45) is 5.92 Å². The molecule has 2 nitrogen and oxygen atoms in total. The highest BCUT2D eigenvalue weighted by molar-refractivity contribution is 5.68. The van der Waals surface area contributed by atoms with Gasteiger partial charge in [-0.25, -0.2) is 0 Å². The minimum absolute atomic E-state index is 0.210. The summed E-state index contributed by atoms with van der Waals surface area (Å²) in [6.45, 7) is 4.49. The van der Waals surface area contributed by atoms with Gasteiger partial charge in [-0.2, -0.15) is 0 Å². The average Bonchev–Trinajstić information content (AvgIpc) is 2.37. The number of hydrogen-bond donors (Lipinski definition) is 0. The maximum absolute atomic E-state index is 11.2. The number of unbranched alkanes of at least 4 members (excludes halogenated alkanes) is 6. The summed E-state index contributed by atoms with van der Waals surface area (Å²) >= 11 is 0. The van der Waals surface area contributed by atoms with E-state index in [2.05, 4.69) is 18.6 Å². The number of rotatable bonds is 12. The Kier molecular flexibility index (Phi) is 8.97. The zero-order valence-corrected chi connectivity index (χ0v) is 12.2. The van der Waals surface area contributed by atoms with E-state index in [4.69, 9.17) is 4.11 Å². The summed E-state index contributed by atoms with van der Waals surface area (Å²) < 4.78 is 24.8. The van der Waals surface area contributed by atoms with Crippen molar-refractivity contribution >= 4 is 5.97 Å². The second-order valence-electron chi connectivity index (χ2n) is 5.38. The topological polar surface area (TPSA) is 26.3 Å². The molecule has 18 heavy (non-hydrogen) atoms. The Morgan fingerprint density at radius 2 is 1.67 bits per heavy atom. The van der Waals surface area contributed by atoms with Crippen molar-refractivity contribution in [3.05, 3.63) is 0 Å². The number of carbonyl (C=O) groups excluding carboxylic acids is 1. The van der Waals surface area contributed by atoms with Gasteiger partial charge >= 0.3 is 5.97 Å². The summed E-state index contributed by atoms with van der Waals surface area (Å²) in [6.07, 6.45) is 12.2. The van der Waals surface area contributed by atoms with E-state index in [0.717, 1.165) is 19.3 Å². The van der Waals surface area contributed by atoms with Crippen LogP contribution in [0.3, 0.4) is 0 Å². The van der Waals surface area contributed by atoms with Crippen molar-refractivity contribution in [2.45, 2.75) is 84.5 Å². The Bertz CT molecular complexity index is 265. The highest BCUT2D eigenvalue weighted by Crippen LogP contribution is 2.17. The lowest BCUT2D eigenvalue weighted by atomic mass is 9.96. The molecule has 0 amide bonds. The lowest BCUT2D eigenvalue weighted by Crippen LogP contribution is -2.00. The molecule has 108 valence electrons. The molecule has 0 aromatic carbocycles. The summed E-state index contributed by atoms with van der Waals surface area (Å²) in [4.78, 5) is 11.2. The van der Waals surface area contributed by atoms with Crippen molar-refractivity contribution in [3.8, 4) is 0 Å². The molecule has 0 N–H and O–H groups in total. The molecule has 0 rings (SSSR count). The van der Waals surface area contributed by atoms with Gasteiger partial charge in [-0.15, -0.1) is 0 Å². The first-order valence-electron chi connectivity index (χ1n) is 9.07. The van der Waals surface area contributed by atoms with E-state index in [1.165, 1.54) is 44.9 Å². The summed E-state index contributed by atoms with van der Waals surface area (Å²) in [6, 6.07) is 0. The van der Waals surface area contributed by atoms with Crippen molar-refractivity contribution in [3.63, 3.8) is 0 Å². The fourth-order valence-electron chi connectivity index (χ4n) is 2.23. The van der Waals surface area contributed by atoms with Gasteiger partial charge in [-0.05, 0) is 12.3 Å². The predicted molar refractivity (Wildman–Crippen MR) is 77.6 cm³/mol. The molecule has 0 aromatic rings. The molecule has 0 saturated heterocycles. The van der Waals surface area contributed by atoms with Crippen LogP contribution in [-0.4, -0.2) is 13.0 Å². The van der Waals surface area contributed by atoms with Crippen LogP contribution in [0.2, 0.25) is 0 Å². The van der Waals surface area contributed by atoms with Gasteiger partial charge in [0.15, 0.2) is 0 Å². The Hall–Kier alpha value is -0.530. The van der Waals surface area contributed by atoms with Crippen LogP contribution in [0.15, 0.2) is 0 Å². The van der Waals surface area contributed by atoms with Crippen molar-refractivity contribution in [2.75, 3.05) is 7.04 Å². The van der Waals surface area contributed by atoms with Gasteiger partial charge in [0, 0.05) is 6.42 Å². The van der Waals surface area contributed by atoms with Crippen LogP contribution >= 0.6 is 0 Å². The molecule has 1 atom stereocenters. The highest BCUT2D eigenvalue weighted by atomic mass is 16.5. The van der Waals surface area contributed by atoms with Gasteiger partial charge in [0.05, 0.1) is 11.2 Å². The Balaban J connectivity index is 3.41. The van der Waals surface area contributed by atoms with E-state index < -0.39 is 13.0 Å². The molecule has 0 saturated carbocycles. The molecule has 0 bridgehead atoms. The molecular weight excluding hydrogens is 224 g/mol. The maximum atomic E-state index is 11.2. The Labute approximate surface area is 118 Å². The number of esters is 1. The minimum Gasteiger partial charge on any atom is -0.469 e. The summed E-state index contributed by atoms with van der Waals surface area (Å²) in [5.74, 6) is 0.0772. The number of hydrogen-bond acceptors (Lipinski definition) is 2. The van der Waals surface area contributed by atoms with Crippen LogP contribution in [-0.2, 0) is 9.53 Å². The van der Waals surface area contributed by atoms with Gasteiger partial charge in [0.1, 0.15) is 0 Å². The number of ether oxygens (including phenoxy) is 1. The molecule has 0 radical (unpaired) electrons. The maximum Gasteiger partial charge on any atom is 0.305 e. The predicted octanol–water partition coefficient (Wildman–Crippen LogP) is 5.11. The van der Waals surface area contributed by atoms with Gasteiger partial charge in [-0.3, -0.25) is 4.79 Å². The third kappa shape index (κ3) is 11.9. The molecular formula is C16H32O2. The quantitative estimate of drug-likeness (QED) is 0.360. The Morgan fingerprint density at radius 1 is 1.06 bits per heavy atom. The van der Waals surface area contributed by atoms with E-state index in [-0.39, 0.29) is 6.42 Å². The van der Waals surface area contributed by atoms with E-state index in [1.807, 2.05) is 0 Å². The smallest absolute Gasteiger partial charge is 0.305 e. The molecule has 0 aromatic heterocycles. The van der Waals surface area contributed by atoms with Crippen LogP contribution in [0.25, 0.3) is 0 Å². The molecule has 2 heteroatoms. The van der Waals surface area contributed by atoms with Gasteiger partial charge in [0.25, 0.3) is 0 Å². The van der Waals surface area contributed by atoms with E-state index in [0.29, 0.717) is 5.92 Å². The zero-order chi connectivity index (χ0) is 16.1. The number of methoxy groups -OCH3 is 1. The van der Waals surface area contributed by atoms with Crippen LogP contribution < -0.4 is 0 Å². The highest BCUT2D eigenvalue weighted by Gasteiger charge is 2.04. The van der Waals surface area contributed by atoms with Crippen LogP contribution in [0, 0.1) is 5.92 Å². The lowest BCUT2D eigenvalue weighted by molar-refractivity contribution is -0.140. The minimum atomic E-state index is -2.60. The lowest BCUT2D eigenvalue weighted by Gasteiger charge is -2.10. The van der Waals surface area contributed by atoms with Gasteiger partial charge in [-0.1, -0.05) is 71.6 Å². The van der Waals surface area contributed by atoms with Crippen molar-refractivity contribution in [1.29, 1.82) is 0 Å². The molecule has 0 fully saturated rings. The first-order valence-corrected chi connectivity index (χ1v) is 7.57.